The van der Waals surface area contributed by atoms with E-state index in [2.05, 4.69) is 14.5 Å². The maximum Gasteiger partial charge on any atom is 0.333 e. The summed E-state index contributed by atoms with van der Waals surface area (Å²) in [6, 6.07) is 8.76. The van der Waals surface area contributed by atoms with Crippen LogP contribution in [0.2, 0.25) is 0 Å². The maximum atomic E-state index is 11.2. The van der Waals surface area contributed by atoms with Crippen LogP contribution in [0.1, 0.15) is 10.6 Å². The van der Waals surface area contributed by atoms with Gasteiger partial charge >= 0.3 is 16.4 Å². The van der Waals surface area contributed by atoms with Gasteiger partial charge in [0.25, 0.3) is 11.7 Å². The minimum Gasteiger partial charge on any atom is -0.333 e. The van der Waals surface area contributed by atoms with E-state index in [4.69, 9.17) is 4.52 Å². The zero-order valence-corrected chi connectivity index (χ0v) is 9.09. The Morgan fingerprint density at radius 2 is 1.94 bits per heavy atom. The summed E-state index contributed by atoms with van der Waals surface area (Å²) in [5, 5.41) is 3.34. The average Bonchev–Trinajstić information content (AvgIpc) is 2.78. The lowest BCUT2D eigenvalue weighted by atomic mass is 10.2. The van der Waals surface area contributed by atoms with Crippen LogP contribution < -0.4 is 0 Å². The van der Waals surface area contributed by atoms with Crippen molar-refractivity contribution in [3.63, 3.8) is 0 Å². The van der Waals surface area contributed by atoms with Gasteiger partial charge in [-0.05, 0) is 12.1 Å². The molecule has 1 aromatic heterocycles. The summed E-state index contributed by atoms with van der Waals surface area (Å²) in [6.45, 7) is 0. The first kappa shape index (κ1) is 11.1. The minimum atomic E-state index is -2.83. The maximum absolute atomic E-state index is 11.2. The molecule has 0 aliphatic rings. The SMILES string of the molecule is O=C(N=S(=O)=O)c1noc(-c2ccccc2)n1. The van der Waals surface area contributed by atoms with E-state index in [1.54, 1.807) is 24.3 Å². The van der Waals surface area contributed by atoms with E-state index in [9.17, 15) is 13.2 Å². The molecule has 0 saturated carbocycles. The molecule has 7 nitrogen and oxygen atoms in total. The molecule has 0 aliphatic heterocycles. The summed E-state index contributed by atoms with van der Waals surface area (Å²) in [6.07, 6.45) is 0. The van der Waals surface area contributed by atoms with Gasteiger partial charge in [-0.2, -0.15) is 13.4 Å². The topological polar surface area (TPSA) is 102 Å². The van der Waals surface area contributed by atoms with Crippen molar-refractivity contribution in [2.24, 2.45) is 4.36 Å². The molecule has 0 fully saturated rings. The molecule has 1 heterocycles. The Morgan fingerprint density at radius 1 is 1.24 bits per heavy atom. The van der Waals surface area contributed by atoms with Crippen molar-refractivity contribution in [3.05, 3.63) is 36.2 Å². The monoisotopic (exact) mass is 251 g/mol. The van der Waals surface area contributed by atoms with Crippen LogP contribution in [0.25, 0.3) is 11.5 Å². The zero-order valence-electron chi connectivity index (χ0n) is 8.27. The lowest BCUT2D eigenvalue weighted by Crippen LogP contribution is -1.96. The Morgan fingerprint density at radius 3 is 2.59 bits per heavy atom. The molecule has 0 aliphatic carbocycles. The molecule has 0 saturated heterocycles. The van der Waals surface area contributed by atoms with Gasteiger partial charge in [-0.25, -0.2) is 0 Å². The molecule has 2 aromatic rings. The summed E-state index contributed by atoms with van der Waals surface area (Å²) in [7, 11) is -2.83. The van der Waals surface area contributed by atoms with Gasteiger partial charge in [-0.3, -0.25) is 4.79 Å². The van der Waals surface area contributed by atoms with Crippen LogP contribution in [0.3, 0.4) is 0 Å². The molecule has 0 spiro atoms. The Kier molecular flexibility index (Phi) is 3.06. The Hall–Kier alpha value is -2.35. The van der Waals surface area contributed by atoms with Crippen molar-refractivity contribution in [2.75, 3.05) is 0 Å². The largest absolute Gasteiger partial charge is 0.333 e. The number of hydrogen-bond donors (Lipinski definition) is 0. The molecule has 0 atom stereocenters. The van der Waals surface area contributed by atoms with E-state index in [0.717, 1.165) is 0 Å². The van der Waals surface area contributed by atoms with Crippen LogP contribution in [0.5, 0.6) is 0 Å². The molecule has 0 unspecified atom stereocenters. The predicted molar refractivity (Wildman–Crippen MR) is 55.4 cm³/mol. The second-order valence-corrected chi connectivity index (χ2v) is 3.52. The predicted octanol–water partition coefficient (Wildman–Crippen LogP) is 0.940. The highest BCUT2D eigenvalue weighted by Gasteiger charge is 2.15. The third-order valence-corrected chi connectivity index (χ3v) is 2.11. The summed E-state index contributed by atoms with van der Waals surface area (Å²) >= 11 is 0. The molecule has 1 amide bonds. The first-order valence-electron chi connectivity index (χ1n) is 4.41. The van der Waals surface area contributed by atoms with E-state index in [0.29, 0.717) is 5.56 Å². The fourth-order valence-electron chi connectivity index (χ4n) is 1.12. The summed E-state index contributed by atoms with van der Waals surface area (Å²) in [4.78, 5) is 14.9. The second kappa shape index (κ2) is 4.66. The standard InChI is InChI=1S/C9H5N3O4S/c13-8(12-17(14)15)7-10-9(16-11-7)6-4-2-1-3-5-6/h1-5H. The molecule has 0 bridgehead atoms. The first-order valence-corrected chi connectivity index (χ1v) is 5.44. The molecular weight excluding hydrogens is 246 g/mol. The number of carbonyl (C=O) groups is 1. The third kappa shape index (κ3) is 2.61. The zero-order chi connectivity index (χ0) is 12.3. The van der Waals surface area contributed by atoms with Crippen molar-refractivity contribution in [1.29, 1.82) is 0 Å². The number of rotatable bonds is 2. The molecule has 0 radical (unpaired) electrons. The van der Waals surface area contributed by atoms with E-state index in [-0.39, 0.29) is 5.89 Å². The quantitative estimate of drug-likeness (QED) is 0.786. The molecule has 1 aromatic carbocycles. The van der Waals surface area contributed by atoms with Crippen LogP contribution in [0.15, 0.2) is 39.2 Å². The molecule has 8 heteroatoms. The molecular formula is C9H5N3O4S. The summed E-state index contributed by atoms with van der Waals surface area (Å²) in [5.41, 5.74) is 0.627. The van der Waals surface area contributed by atoms with Crippen LogP contribution in [-0.4, -0.2) is 24.5 Å². The van der Waals surface area contributed by atoms with Crippen molar-refractivity contribution in [1.82, 2.24) is 10.1 Å². The van der Waals surface area contributed by atoms with Gasteiger partial charge < -0.3 is 4.52 Å². The van der Waals surface area contributed by atoms with Crippen molar-refractivity contribution >= 4 is 16.4 Å². The van der Waals surface area contributed by atoms with Crippen LogP contribution in [-0.2, 0) is 10.5 Å². The van der Waals surface area contributed by atoms with Gasteiger partial charge in [0.2, 0.25) is 0 Å². The fourth-order valence-corrected chi connectivity index (χ4v) is 1.33. The number of hydrogen-bond acceptors (Lipinski definition) is 6. The normalized spacial score (nSPS) is 9.88. The van der Waals surface area contributed by atoms with Gasteiger partial charge in [-0.15, -0.1) is 0 Å². The summed E-state index contributed by atoms with van der Waals surface area (Å²) < 4.78 is 27.9. The van der Waals surface area contributed by atoms with Gasteiger partial charge in [-0.1, -0.05) is 27.7 Å². The van der Waals surface area contributed by atoms with Gasteiger partial charge in [0, 0.05) is 5.56 Å². The number of carbonyl (C=O) groups excluding carboxylic acids is 1. The Bertz CT molecular complexity index is 667. The second-order valence-electron chi connectivity index (χ2n) is 2.90. The molecule has 2 rings (SSSR count). The Labute approximate surface area is 96.8 Å². The minimum absolute atomic E-state index is 0.126. The van der Waals surface area contributed by atoms with Crippen LogP contribution in [0, 0.1) is 0 Å². The lowest BCUT2D eigenvalue weighted by Gasteiger charge is -1.89. The average molecular weight is 251 g/mol. The van der Waals surface area contributed by atoms with Gasteiger partial charge in [0.15, 0.2) is 0 Å². The van der Waals surface area contributed by atoms with Gasteiger partial charge in [0.05, 0.1) is 0 Å². The third-order valence-electron chi connectivity index (χ3n) is 1.80. The van der Waals surface area contributed by atoms with E-state index >= 15 is 0 Å². The smallest absolute Gasteiger partial charge is 0.333 e. The lowest BCUT2D eigenvalue weighted by molar-refractivity contribution is 0.0992. The number of aromatic nitrogens is 2. The molecule has 17 heavy (non-hydrogen) atoms. The molecule has 0 N–H and O–H groups in total. The van der Waals surface area contributed by atoms with E-state index < -0.39 is 22.2 Å². The highest BCUT2D eigenvalue weighted by atomic mass is 32.2. The Balaban J connectivity index is 2.35. The van der Waals surface area contributed by atoms with Crippen LogP contribution in [0.4, 0.5) is 0 Å². The van der Waals surface area contributed by atoms with Crippen molar-refractivity contribution < 1.29 is 17.7 Å². The van der Waals surface area contributed by atoms with E-state index in [1.807, 2.05) is 6.07 Å². The van der Waals surface area contributed by atoms with Crippen LogP contribution >= 0.6 is 0 Å². The molecule has 86 valence electrons. The van der Waals surface area contributed by atoms with Crippen molar-refractivity contribution in [2.45, 2.75) is 0 Å². The highest BCUT2D eigenvalue weighted by molar-refractivity contribution is 7.62. The van der Waals surface area contributed by atoms with Crippen molar-refractivity contribution in [3.8, 4) is 11.5 Å². The summed E-state index contributed by atoms with van der Waals surface area (Å²) in [5.74, 6) is -1.34. The van der Waals surface area contributed by atoms with E-state index in [1.165, 1.54) is 0 Å². The van der Waals surface area contributed by atoms with Gasteiger partial charge in [0.1, 0.15) is 0 Å². The fraction of sp³-hybridized carbons (Fsp3) is 0. The number of amides is 1. The first-order chi connectivity index (χ1) is 8.16. The highest BCUT2D eigenvalue weighted by Crippen LogP contribution is 2.16. The number of nitrogens with zero attached hydrogens (tertiary/aromatic N) is 3. The number of benzene rings is 1.